The molecule has 0 spiro atoms. The number of aliphatic hydroxyl groups excluding tert-OH is 1. The number of anilines is 1. The Morgan fingerprint density at radius 1 is 1.22 bits per heavy atom. The van der Waals surface area contributed by atoms with Gasteiger partial charge < -0.3 is 19.3 Å². The SMILES string of the molecule is O=C1[C@H]2[C@@H](C(=O)N1c1ccc3c(c1)OCO3)[C@@]1(CO)C=C[C@H]2O1. The third kappa shape index (κ3) is 1.46. The van der Waals surface area contributed by atoms with Crippen molar-refractivity contribution in [1.29, 1.82) is 0 Å². The van der Waals surface area contributed by atoms with Crippen LogP contribution in [0.2, 0.25) is 0 Å². The summed E-state index contributed by atoms with van der Waals surface area (Å²) in [5.41, 5.74) is -0.626. The molecule has 1 aromatic rings. The minimum Gasteiger partial charge on any atom is -0.454 e. The topological polar surface area (TPSA) is 85.3 Å². The maximum atomic E-state index is 12.9. The molecule has 4 heterocycles. The van der Waals surface area contributed by atoms with E-state index in [0.29, 0.717) is 17.2 Å². The van der Waals surface area contributed by atoms with Crippen molar-refractivity contribution in [2.24, 2.45) is 11.8 Å². The summed E-state index contributed by atoms with van der Waals surface area (Å²) < 4.78 is 16.3. The Labute approximate surface area is 131 Å². The summed E-state index contributed by atoms with van der Waals surface area (Å²) in [6.07, 6.45) is 3.00. The van der Waals surface area contributed by atoms with Crippen LogP contribution in [0.5, 0.6) is 11.5 Å². The Morgan fingerprint density at radius 3 is 2.87 bits per heavy atom. The zero-order valence-electron chi connectivity index (χ0n) is 12.0. The molecule has 7 nitrogen and oxygen atoms in total. The van der Waals surface area contributed by atoms with Crippen LogP contribution in [-0.4, -0.2) is 42.0 Å². The molecule has 2 bridgehead atoms. The summed E-state index contributed by atoms with van der Waals surface area (Å²) >= 11 is 0. The van der Waals surface area contributed by atoms with E-state index in [0.717, 1.165) is 0 Å². The summed E-state index contributed by atoms with van der Waals surface area (Å²) in [6.45, 7) is -0.200. The highest BCUT2D eigenvalue weighted by Gasteiger charge is 2.67. The van der Waals surface area contributed by atoms with Crippen molar-refractivity contribution >= 4 is 17.5 Å². The molecule has 2 fully saturated rings. The predicted molar refractivity (Wildman–Crippen MR) is 75.9 cm³/mol. The summed E-state index contributed by atoms with van der Waals surface area (Å²) in [6, 6.07) is 4.96. The predicted octanol–water partition coefficient (Wildman–Crippen LogP) is 0.221. The lowest BCUT2D eigenvalue weighted by atomic mass is 9.77. The Hall–Kier alpha value is -2.38. The number of hydrogen-bond acceptors (Lipinski definition) is 6. The van der Waals surface area contributed by atoms with E-state index in [1.165, 1.54) is 4.90 Å². The number of imide groups is 1. The zero-order valence-corrected chi connectivity index (χ0v) is 12.0. The van der Waals surface area contributed by atoms with Crippen LogP contribution in [-0.2, 0) is 14.3 Å². The fourth-order valence-corrected chi connectivity index (χ4v) is 3.96. The largest absolute Gasteiger partial charge is 0.454 e. The number of hydrogen-bond donors (Lipinski definition) is 1. The molecule has 1 aromatic carbocycles. The van der Waals surface area contributed by atoms with E-state index in [4.69, 9.17) is 14.2 Å². The van der Waals surface area contributed by atoms with Gasteiger partial charge in [-0.05, 0) is 12.1 Å². The van der Waals surface area contributed by atoms with Gasteiger partial charge in [0.1, 0.15) is 5.60 Å². The van der Waals surface area contributed by atoms with Gasteiger partial charge in [-0.15, -0.1) is 0 Å². The van der Waals surface area contributed by atoms with Crippen molar-refractivity contribution in [3.63, 3.8) is 0 Å². The van der Waals surface area contributed by atoms with Crippen molar-refractivity contribution in [3.05, 3.63) is 30.4 Å². The van der Waals surface area contributed by atoms with Crippen LogP contribution in [0.15, 0.2) is 30.4 Å². The number of aliphatic hydroxyl groups is 1. The number of benzene rings is 1. The third-order valence-electron chi connectivity index (χ3n) is 5.02. The average molecular weight is 315 g/mol. The number of nitrogens with zero attached hydrogens (tertiary/aromatic N) is 1. The molecular formula is C16H13NO6. The van der Waals surface area contributed by atoms with Gasteiger partial charge in [0.05, 0.1) is 30.2 Å². The molecular weight excluding hydrogens is 302 g/mol. The number of amides is 2. The van der Waals surface area contributed by atoms with Gasteiger partial charge in [0.15, 0.2) is 11.5 Å². The van der Waals surface area contributed by atoms with E-state index in [-0.39, 0.29) is 25.2 Å². The van der Waals surface area contributed by atoms with Gasteiger partial charge in [0, 0.05) is 6.07 Å². The summed E-state index contributed by atoms with van der Waals surface area (Å²) in [5.74, 6) is -0.812. The highest BCUT2D eigenvalue weighted by molar-refractivity contribution is 6.23. The molecule has 118 valence electrons. The normalized spacial score (nSPS) is 36.2. The van der Waals surface area contributed by atoms with Crippen molar-refractivity contribution in [2.45, 2.75) is 11.7 Å². The molecule has 2 saturated heterocycles. The van der Waals surface area contributed by atoms with E-state index < -0.39 is 23.5 Å². The van der Waals surface area contributed by atoms with Crippen LogP contribution in [0, 0.1) is 11.8 Å². The minimum absolute atomic E-state index is 0.124. The maximum Gasteiger partial charge on any atom is 0.241 e. The van der Waals surface area contributed by atoms with Gasteiger partial charge in [-0.2, -0.15) is 0 Å². The molecule has 4 aliphatic rings. The lowest BCUT2D eigenvalue weighted by Crippen LogP contribution is -2.43. The van der Waals surface area contributed by atoms with Crippen LogP contribution in [0.1, 0.15) is 0 Å². The summed E-state index contributed by atoms with van der Waals surface area (Å²) in [4.78, 5) is 26.8. The van der Waals surface area contributed by atoms with Crippen LogP contribution < -0.4 is 14.4 Å². The molecule has 4 aliphatic heterocycles. The number of rotatable bonds is 2. The molecule has 0 unspecified atom stereocenters. The van der Waals surface area contributed by atoms with E-state index in [2.05, 4.69) is 0 Å². The van der Waals surface area contributed by atoms with Crippen molar-refractivity contribution in [1.82, 2.24) is 0 Å². The fourth-order valence-electron chi connectivity index (χ4n) is 3.96. The van der Waals surface area contributed by atoms with Crippen molar-refractivity contribution in [3.8, 4) is 11.5 Å². The summed E-state index contributed by atoms with van der Waals surface area (Å²) in [5, 5.41) is 9.68. The molecule has 0 saturated carbocycles. The van der Waals surface area contributed by atoms with Crippen LogP contribution >= 0.6 is 0 Å². The van der Waals surface area contributed by atoms with E-state index in [1.807, 2.05) is 0 Å². The molecule has 0 aliphatic carbocycles. The second-order valence-corrected chi connectivity index (χ2v) is 6.11. The Morgan fingerprint density at radius 2 is 2.04 bits per heavy atom. The van der Waals surface area contributed by atoms with Gasteiger partial charge in [0.2, 0.25) is 18.6 Å². The van der Waals surface area contributed by atoms with Gasteiger partial charge in [-0.1, -0.05) is 12.2 Å². The van der Waals surface area contributed by atoms with Crippen molar-refractivity contribution in [2.75, 3.05) is 18.3 Å². The molecule has 1 N–H and O–H groups in total. The zero-order chi connectivity index (χ0) is 15.8. The number of carbonyl (C=O) groups is 2. The van der Waals surface area contributed by atoms with E-state index in [9.17, 15) is 14.7 Å². The molecule has 4 atom stereocenters. The lowest BCUT2D eigenvalue weighted by molar-refractivity contribution is -0.128. The number of ether oxygens (including phenoxy) is 3. The van der Waals surface area contributed by atoms with Crippen molar-refractivity contribution < 1.29 is 28.9 Å². The lowest BCUT2D eigenvalue weighted by Gasteiger charge is -2.26. The van der Waals surface area contributed by atoms with Crippen LogP contribution in [0.3, 0.4) is 0 Å². The Kier molecular flexibility index (Phi) is 2.35. The van der Waals surface area contributed by atoms with Gasteiger partial charge >= 0.3 is 0 Å². The smallest absolute Gasteiger partial charge is 0.241 e. The molecule has 5 rings (SSSR count). The average Bonchev–Trinajstić information content (AvgIpc) is 3.29. The Bertz CT molecular complexity index is 774. The monoisotopic (exact) mass is 315 g/mol. The molecule has 0 radical (unpaired) electrons. The highest BCUT2D eigenvalue weighted by Crippen LogP contribution is 2.52. The van der Waals surface area contributed by atoms with E-state index >= 15 is 0 Å². The van der Waals surface area contributed by atoms with Crippen LogP contribution in [0.4, 0.5) is 5.69 Å². The first-order valence-corrected chi connectivity index (χ1v) is 7.40. The maximum absolute atomic E-state index is 12.9. The number of carbonyl (C=O) groups excluding carboxylic acids is 2. The molecule has 23 heavy (non-hydrogen) atoms. The minimum atomic E-state index is -1.08. The highest BCUT2D eigenvalue weighted by atomic mass is 16.7. The third-order valence-corrected chi connectivity index (χ3v) is 5.02. The fraction of sp³-hybridized carbons (Fsp3) is 0.375. The Balaban J connectivity index is 1.57. The quantitative estimate of drug-likeness (QED) is 0.621. The van der Waals surface area contributed by atoms with Crippen LogP contribution in [0.25, 0.3) is 0 Å². The van der Waals surface area contributed by atoms with Gasteiger partial charge in [-0.25, -0.2) is 4.90 Å². The first-order chi connectivity index (χ1) is 11.1. The molecule has 2 amide bonds. The standard InChI is InChI=1S/C16H13NO6/c18-6-16-4-3-10(23-16)12-13(16)15(20)17(14(12)19)8-1-2-9-11(5-8)22-7-21-9/h1-5,10,12-13,18H,6-7H2/t10-,12-,13+,16+/m1/s1. The van der Waals surface area contributed by atoms with Gasteiger partial charge in [0.25, 0.3) is 0 Å². The first kappa shape index (κ1) is 13.1. The molecule has 0 aromatic heterocycles. The number of fused-ring (bicyclic) bond motifs is 6. The first-order valence-electron chi connectivity index (χ1n) is 7.40. The summed E-state index contributed by atoms with van der Waals surface area (Å²) in [7, 11) is 0. The van der Waals surface area contributed by atoms with Gasteiger partial charge in [-0.3, -0.25) is 9.59 Å². The van der Waals surface area contributed by atoms with E-state index in [1.54, 1.807) is 30.4 Å². The molecule has 7 heteroatoms. The second kappa shape index (κ2) is 4.12. The second-order valence-electron chi connectivity index (χ2n) is 6.11.